The summed E-state index contributed by atoms with van der Waals surface area (Å²) < 4.78 is 11.2. The molecule has 4 rings (SSSR count). The second-order valence-corrected chi connectivity index (χ2v) is 8.02. The smallest absolute Gasteiger partial charge is 0.255 e. The fraction of sp³-hybridized carbons (Fsp3) is 0.417. The minimum Gasteiger partial charge on any atom is -0.497 e. The normalized spacial score (nSPS) is 16.8. The minimum absolute atomic E-state index is 0.0374. The molecule has 6 heteroatoms. The van der Waals surface area contributed by atoms with Crippen LogP contribution in [0.15, 0.2) is 48.5 Å². The van der Waals surface area contributed by atoms with Gasteiger partial charge in [-0.05, 0) is 61.9 Å². The molecule has 158 valence electrons. The van der Waals surface area contributed by atoms with E-state index in [4.69, 9.17) is 9.47 Å². The SMILES string of the molecule is COc1cccc(C(=O)N2CCC(COc3ccccc3C(=O)NC3CC3)CC2)c1. The van der Waals surface area contributed by atoms with Crippen molar-refractivity contribution < 1.29 is 19.1 Å². The quantitative estimate of drug-likeness (QED) is 0.761. The van der Waals surface area contributed by atoms with Gasteiger partial charge in [0, 0.05) is 24.7 Å². The van der Waals surface area contributed by atoms with E-state index in [9.17, 15) is 9.59 Å². The standard InChI is InChI=1S/C24H28N2O4/c1-29-20-6-4-5-18(15-20)24(28)26-13-11-17(12-14-26)16-30-22-8-3-2-7-21(22)23(27)25-19-9-10-19/h2-8,15,17,19H,9-14,16H2,1H3,(H,25,27). The van der Waals surface area contributed by atoms with E-state index in [1.54, 1.807) is 13.2 Å². The van der Waals surface area contributed by atoms with Crippen molar-refractivity contribution >= 4 is 11.8 Å². The molecule has 2 aromatic rings. The van der Waals surface area contributed by atoms with Gasteiger partial charge < -0.3 is 19.7 Å². The topological polar surface area (TPSA) is 67.9 Å². The molecule has 1 saturated heterocycles. The van der Waals surface area contributed by atoms with Crippen molar-refractivity contribution in [2.75, 3.05) is 26.8 Å². The molecule has 2 fully saturated rings. The molecule has 0 aromatic heterocycles. The van der Waals surface area contributed by atoms with E-state index in [1.165, 1.54) is 0 Å². The molecule has 6 nitrogen and oxygen atoms in total. The first kappa shape index (κ1) is 20.3. The van der Waals surface area contributed by atoms with Gasteiger partial charge in [-0.1, -0.05) is 18.2 Å². The molecule has 2 amide bonds. The number of amides is 2. The van der Waals surface area contributed by atoms with Gasteiger partial charge in [-0.25, -0.2) is 0 Å². The third-order valence-electron chi connectivity index (χ3n) is 5.74. The van der Waals surface area contributed by atoms with Crippen molar-refractivity contribution in [1.29, 1.82) is 0 Å². The highest BCUT2D eigenvalue weighted by atomic mass is 16.5. The zero-order valence-electron chi connectivity index (χ0n) is 17.3. The molecule has 1 aliphatic carbocycles. The van der Waals surface area contributed by atoms with Crippen LogP contribution >= 0.6 is 0 Å². The Morgan fingerprint density at radius 1 is 1.03 bits per heavy atom. The number of methoxy groups -OCH3 is 1. The Kier molecular flexibility index (Phi) is 6.21. The second kappa shape index (κ2) is 9.20. The molecule has 2 aliphatic rings. The zero-order chi connectivity index (χ0) is 20.9. The minimum atomic E-state index is -0.0631. The summed E-state index contributed by atoms with van der Waals surface area (Å²) in [6.45, 7) is 1.96. The molecule has 0 bridgehead atoms. The number of rotatable bonds is 7. The number of hydrogen-bond donors (Lipinski definition) is 1. The molecule has 0 spiro atoms. The molecule has 0 radical (unpaired) electrons. The van der Waals surface area contributed by atoms with Crippen LogP contribution in [0.3, 0.4) is 0 Å². The molecule has 2 aromatic carbocycles. The Labute approximate surface area is 177 Å². The highest BCUT2D eigenvalue weighted by Crippen LogP contribution is 2.25. The lowest BCUT2D eigenvalue weighted by Gasteiger charge is -2.32. The van der Waals surface area contributed by atoms with E-state index in [-0.39, 0.29) is 11.8 Å². The van der Waals surface area contributed by atoms with Gasteiger partial charge in [0.05, 0.1) is 19.3 Å². The van der Waals surface area contributed by atoms with Crippen LogP contribution in [0.25, 0.3) is 0 Å². The summed E-state index contributed by atoms with van der Waals surface area (Å²) in [4.78, 5) is 27.1. The van der Waals surface area contributed by atoms with Crippen LogP contribution in [-0.4, -0.2) is 49.6 Å². The number of likely N-dealkylation sites (tertiary alicyclic amines) is 1. The van der Waals surface area contributed by atoms with E-state index in [2.05, 4.69) is 5.32 Å². The van der Waals surface area contributed by atoms with Gasteiger partial charge in [-0.15, -0.1) is 0 Å². The number of hydrogen-bond acceptors (Lipinski definition) is 4. The zero-order valence-corrected chi connectivity index (χ0v) is 17.3. The number of para-hydroxylation sites is 1. The number of piperidine rings is 1. The summed E-state index contributed by atoms with van der Waals surface area (Å²) in [6, 6.07) is 15.0. The van der Waals surface area contributed by atoms with Crippen LogP contribution in [0.2, 0.25) is 0 Å². The monoisotopic (exact) mass is 408 g/mol. The third-order valence-corrected chi connectivity index (χ3v) is 5.74. The maximum Gasteiger partial charge on any atom is 0.255 e. The van der Waals surface area contributed by atoms with Gasteiger partial charge in [0.15, 0.2) is 0 Å². The van der Waals surface area contributed by atoms with Gasteiger partial charge >= 0.3 is 0 Å². The summed E-state index contributed by atoms with van der Waals surface area (Å²) in [5.74, 6) is 1.65. The van der Waals surface area contributed by atoms with Crippen molar-refractivity contribution in [3.05, 3.63) is 59.7 Å². The van der Waals surface area contributed by atoms with Crippen molar-refractivity contribution in [1.82, 2.24) is 10.2 Å². The van der Waals surface area contributed by atoms with E-state index in [1.807, 2.05) is 47.4 Å². The molecule has 0 atom stereocenters. The van der Waals surface area contributed by atoms with Gasteiger partial charge in [0.25, 0.3) is 11.8 Å². The second-order valence-electron chi connectivity index (χ2n) is 8.02. The van der Waals surface area contributed by atoms with E-state index in [0.717, 1.165) is 25.7 Å². The summed E-state index contributed by atoms with van der Waals surface area (Å²) in [7, 11) is 1.60. The lowest BCUT2D eigenvalue weighted by Crippen LogP contribution is -2.39. The molecule has 0 unspecified atom stereocenters. The lowest BCUT2D eigenvalue weighted by atomic mass is 9.97. The van der Waals surface area contributed by atoms with Crippen LogP contribution < -0.4 is 14.8 Å². The summed E-state index contributed by atoms with van der Waals surface area (Å²) in [5, 5.41) is 3.02. The van der Waals surface area contributed by atoms with Crippen LogP contribution in [0.1, 0.15) is 46.4 Å². The Balaban J connectivity index is 1.29. The summed E-state index contributed by atoms with van der Waals surface area (Å²) in [6.07, 6.45) is 3.88. The van der Waals surface area contributed by atoms with Crippen LogP contribution in [0, 0.1) is 5.92 Å². The third kappa shape index (κ3) is 4.93. The van der Waals surface area contributed by atoms with Gasteiger partial charge in [-0.2, -0.15) is 0 Å². The molecular formula is C24H28N2O4. The highest BCUT2D eigenvalue weighted by molar-refractivity contribution is 5.97. The summed E-state index contributed by atoms with van der Waals surface area (Å²) in [5.41, 5.74) is 1.25. The first-order valence-electron chi connectivity index (χ1n) is 10.6. The van der Waals surface area contributed by atoms with E-state index >= 15 is 0 Å². The maximum atomic E-state index is 12.8. The Hall–Kier alpha value is -3.02. The molecule has 30 heavy (non-hydrogen) atoms. The summed E-state index contributed by atoms with van der Waals surface area (Å²) >= 11 is 0. The van der Waals surface area contributed by atoms with E-state index < -0.39 is 0 Å². The lowest BCUT2D eigenvalue weighted by molar-refractivity contribution is 0.0659. The van der Waals surface area contributed by atoms with Crippen molar-refractivity contribution in [2.24, 2.45) is 5.92 Å². The van der Waals surface area contributed by atoms with Gasteiger partial charge in [0.2, 0.25) is 0 Å². The average Bonchev–Trinajstić information content (AvgIpc) is 3.61. The van der Waals surface area contributed by atoms with Crippen LogP contribution in [0.4, 0.5) is 0 Å². The molecule has 1 aliphatic heterocycles. The maximum absolute atomic E-state index is 12.8. The number of carbonyl (C=O) groups excluding carboxylic acids is 2. The van der Waals surface area contributed by atoms with E-state index in [0.29, 0.717) is 54.3 Å². The first-order chi connectivity index (χ1) is 14.6. The van der Waals surface area contributed by atoms with Crippen molar-refractivity contribution in [3.8, 4) is 11.5 Å². The fourth-order valence-corrected chi connectivity index (χ4v) is 3.72. The highest BCUT2D eigenvalue weighted by Gasteiger charge is 2.26. The van der Waals surface area contributed by atoms with Gasteiger partial charge in [-0.3, -0.25) is 9.59 Å². The number of benzene rings is 2. The number of nitrogens with one attached hydrogen (secondary N) is 1. The molecule has 1 N–H and O–H groups in total. The Bertz CT molecular complexity index is 902. The van der Waals surface area contributed by atoms with Crippen LogP contribution in [0.5, 0.6) is 11.5 Å². The van der Waals surface area contributed by atoms with Gasteiger partial charge in [0.1, 0.15) is 11.5 Å². The van der Waals surface area contributed by atoms with Crippen molar-refractivity contribution in [2.45, 2.75) is 31.7 Å². The molecule has 1 heterocycles. The number of ether oxygens (including phenoxy) is 2. The predicted molar refractivity (Wildman–Crippen MR) is 114 cm³/mol. The number of carbonyl (C=O) groups is 2. The van der Waals surface area contributed by atoms with Crippen molar-refractivity contribution in [3.63, 3.8) is 0 Å². The average molecular weight is 408 g/mol. The molecular weight excluding hydrogens is 380 g/mol. The number of nitrogens with zero attached hydrogens (tertiary/aromatic N) is 1. The first-order valence-corrected chi connectivity index (χ1v) is 10.6. The Morgan fingerprint density at radius 2 is 1.80 bits per heavy atom. The Morgan fingerprint density at radius 3 is 2.53 bits per heavy atom. The largest absolute Gasteiger partial charge is 0.497 e. The fourth-order valence-electron chi connectivity index (χ4n) is 3.72. The van der Waals surface area contributed by atoms with Crippen LogP contribution in [-0.2, 0) is 0 Å². The predicted octanol–water partition coefficient (Wildman–Crippen LogP) is 3.52. The molecule has 1 saturated carbocycles.